The number of rotatable bonds is 7. The van der Waals surface area contributed by atoms with E-state index in [-0.39, 0.29) is 22.5 Å². The van der Waals surface area contributed by atoms with Crippen LogP contribution in [0.2, 0.25) is 0 Å². The highest BCUT2D eigenvalue weighted by atomic mass is 32.2. The summed E-state index contributed by atoms with van der Waals surface area (Å²) in [4.78, 5) is 15.0. The molecule has 35 heavy (non-hydrogen) atoms. The largest absolute Gasteiger partial charge is 0.493 e. The number of nitrogens with one attached hydrogen (secondary N) is 1. The number of ether oxygens (including phenoxy) is 2. The number of sulfonamides is 1. The Hall–Kier alpha value is -3.59. The zero-order valence-electron chi connectivity index (χ0n) is 19.7. The summed E-state index contributed by atoms with van der Waals surface area (Å²) in [6.45, 7) is 2.14. The van der Waals surface area contributed by atoms with E-state index in [9.17, 15) is 17.6 Å². The molecule has 1 atom stereocenters. The Morgan fingerprint density at radius 2 is 1.80 bits per heavy atom. The Kier molecular flexibility index (Phi) is 6.98. The predicted octanol–water partition coefficient (Wildman–Crippen LogP) is 4.93. The average Bonchev–Trinajstić information content (AvgIpc) is 3.34. The normalized spacial score (nSPS) is 15.7. The van der Waals surface area contributed by atoms with Crippen LogP contribution in [0.1, 0.15) is 40.4 Å². The first kappa shape index (κ1) is 24.5. The number of benzene rings is 3. The summed E-state index contributed by atoms with van der Waals surface area (Å²) >= 11 is 0. The zero-order chi connectivity index (χ0) is 25.2. The lowest BCUT2D eigenvalue weighted by molar-refractivity contribution is 0.0735. The highest BCUT2D eigenvalue weighted by Gasteiger charge is 2.31. The number of halogens is 1. The van der Waals surface area contributed by atoms with E-state index >= 15 is 0 Å². The van der Waals surface area contributed by atoms with Crippen molar-refractivity contribution in [2.24, 2.45) is 0 Å². The Balaban J connectivity index is 1.57. The molecule has 0 bridgehead atoms. The highest BCUT2D eigenvalue weighted by molar-refractivity contribution is 7.92. The molecule has 1 amide bonds. The van der Waals surface area contributed by atoms with Crippen molar-refractivity contribution in [2.75, 3.05) is 25.5 Å². The van der Waals surface area contributed by atoms with Crippen LogP contribution < -0.4 is 14.2 Å². The van der Waals surface area contributed by atoms with E-state index in [0.717, 1.165) is 24.5 Å². The number of nitrogens with zero attached hydrogens (tertiary/aromatic N) is 1. The van der Waals surface area contributed by atoms with Crippen LogP contribution in [0.15, 0.2) is 65.6 Å². The third kappa shape index (κ3) is 5.09. The van der Waals surface area contributed by atoms with Gasteiger partial charge < -0.3 is 14.4 Å². The molecule has 1 saturated heterocycles. The summed E-state index contributed by atoms with van der Waals surface area (Å²) < 4.78 is 52.6. The standard InChI is InChI=1S/C26H27FN2O5S/c1-17-9-11-21(16-22(17)27)35(31,32)28-20-7-4-6-19(14-20)26(30)29-13-5-8-23(29)18-10-12-24(33-2)25(15-18)34-3/h4,6-7,9-12,14-16,23,28H,5,8,13H2,1-3H3. The van der Waals surface area contributed by atoms with E-state index in [1.165, 1.54) is 18.2 Å². The molecule has 1 unspecified atom stereocenters. The Bertz CT molecular complexity index is 1360. The van der Waals surface area contributed by atoms with E-state index in [1.807, 2.05) is 18.2 Å². The van der Waals surface area contributed by atoms with Gasteiger partial charge in [0.05, 0.1) is 25.2 Å². The number of likely N-dealkylation sites (tertiary alicyclic amines) is 1. The molecule has 1 aliphatic rings. The van der Waals surface area contributed by atoms with Gasteiger partial charge in [0.25, 0.3) is 15.9 Å². The van der Waals surface area contributed by atoms with Gasteiger partial charge in [-0.1, -0.05) is 18.2 Å². The molecular formula is C26H27FN2O5S. The minimum absolute atomic E-state index is 0.141. The average molecular weight is 499 g/mol. The number of hydrogen-bond acceptors (Lipinski definition) is 5. The van der Waals surface area contributed by atoms with Gasteiger partial charge in [0.1, 0.15) is 5.82 Å². The monoisotopic (exact) mass is 498 g/mol. The van der Waals surface area contributed by atoms with Crippen LogP contribution in [0.3, 0.4) is 0 Å². The molecular weight excluding hydrogens is 471 g/mol. The second-order valence-corrected chi connectivity index (χ2v) is 10.1. The van der Waals surface area contributed by atoms with Gasteiger partial charge in [0.2, 0.25) is 0 Å². The summed E-state index contributed by atoms with van der Waals surface area (Å²) in [5.41, 5.74) is 1.87. The van der Waals surface area contributed by atoms with Gasteiger partial charge in [-0.15, -0.1) is 0 Å². The fourth-order valence-corrected chi connectivity index (χ4v) is 5.31. The van der Waals surface area contributed by atoms with Crippen molar-refractivity contribution in [1.29, 1.82) is 0 Å². The molecule has 0 saturated carbocycles. The molecule has 3 aromatic rings. The first-order valence-corrected chi connectivity index (χ1v) is 12.6. The third-order valence-electron chi connectivity index (χ3n) is 6.12. The number of carbonyl (C=O) groups excluding carboxylic acids is 1. The van der Waals surface area contributed by atoms with Crippen molar-refractivity contribution in [3.8, 4) is 11.5 Å². The first-order chi connectivity index (χ1) is 16.7. The molecule has 3 aromatic carbocycles. The molecule has 0 aliphatic carbocycles. The lowest BCUT2D eigenvalue weighted by Crippen LogP contribution is -2.30. The maximum atomic E-state index is 13.9. The molecule has 1 aliphatic heterocycles. The van der Waals surface area contributed by atoms with E-state index in [2.05, 4.69) is 4.72 Å². The molecule has 0 radical (unpaired) electrons. The van der Waals surface area contributed by atoms with E-state index in [1.54, 1.807) is 44.2 Å². The van der Waals surface area contributed by atoms with Crippen molar-refractivity contribution in [3.63, 3.8) is 0 Å². The van der Waals surface area contributed by atoms with Gasteiger partial charge in [0, 0.05) is 17.8 Å². The van der Waals surface area contributed by atoms with Crippen LogP contribution in [0, 0.1) is 12.7 Å². The number of aryl methyl sites for hydroxylation is 1. The molecule has 4 rings (SSSR count). The summed E-state index contributed by atoms with van der Waals surface area (Å²) in [5, 5.41) is 0. The topological polar surface area (TPSA) is 84.9 Å². The lowest BCUT2D eigenvalue weighted by Gasteiger charge is -2.26. The van der Waals surface area contributed by atoms with Crippen LogP contribution >= 0.6 is 0 Å². The van der Waals surface area contributed by atoms with Crippen LogP contribution in [0.25, 0.3) is 0 Å². The molecule has 1 N–H and O–H groups in total. The van der Waals surface area contributed by atoms with Gasteiger partial charge in [0.15, 0.2) is 11.5 Å². The van der Waals surface area contributed by atoms with Crippen LogP contribution in [-0.4, -0.2) is 40.0 Å². The number of amides is 1. The smallest absolute Gasteiger partial charge is 0.261 e. The Labute approximate surface area is 204 Å². The van der Waals surface area contributed by atoms with Gasteiger partial charge in [-0.25, -0.2) is 12.8 Å². The fraction of sp³-hybridized carbons (Fsp3) is 0.269. The van der Waals surface area contributed by atoms with Crippen LogP contribution in [0.4, 0.5) is 10.1 Å². The molecule has 7 nitrogen and oxygen atoms in total. The molecule has 1 heterocycles. The highest BCUT2D eigenvalue weighted by Crippen LogP contribution is 2.37. The van der Waals surface area contributed by atoms with Crippen LogP contribution in [-0.2, 0) is 10.0 Å². The maximum absolute atomic E-state index is 13.9. The van der Waals surface area contributed by atoms with E-state index in [4.69, 9.17) is 9.47 Å². The lowest BCUT2D eigenvalue weighted by atomic mass is 10.0. The third-order valence-corrected chi connectivity index (χ3v) is 7.50. The van der Waals surface area contributed by atoms with Crippen LogP contribution in [0.5, 0.6) is 11.5 Å². The number of hydrogen-bond donors (Lipinski definition) is 1. The van der Waals surface area contributed by atoms with Crippen molar-refractivity contribution < 1.29 is 27.1 Å². The quantitative estimate of drug-likeness (QED) is 0.499. The summed E-state index contributed by atoms with van der Waals surface area (Å²) in [7, 11) is -0.888. The zero-order valence-corrected chi connectivity index (χ0v) is 20.6. The van der Waals surface area contributed by atoms with Gasteiger partial charge in [-0.2, -0.15) is 0 Å². The first-order valence-electron chi connectivity index (χ1n) is 11.2. The Morgan fingerprint density at radius 1 is 1.03 bits per heavy atom. The summed E-state index contributed by atoms with van der Waals surface area (Å²) in [5.74, 6) is 0.394. The molecule has 1 fully saturated rings. The number of methoxy groups -OCH3 is 2. The molecule has 0 spiro atoms. The molecule has 0 aromatic heterocycles. The van der Waals surface area contributed by atoms with Crippen molar-refractivity contribution in [3.05, 3.63) is 83.2 Å². The minimum atomic E-state index is -4.02. The fourth-order valence-electron chi connectivity index (χ4n) is 4.25. The number of anilines is 1. The van der Waals surface area contributed by atoms with Gasteiger partial charge >= 0.3 is 0 Å². The molecule has 9 heteroatoms. The predicted molar refractivity (Wildman–Crippen MR) is 131 cm³/mol. The van der Waals surface area contributed by atoms with E-state index < -0.39 is 15.8 Å². The number of carbonyl (C=O) groups is 1. The minimum Gasteiger partial charge on any atom is -0.493 e. The second-order valence-electron chi connectivity index (χ2n) is 8.37. The maximum Gasteiger partial charge on any atom is 0.261 e. The van der Waals surface area contributed by atoms with Gasteiger partial charge in [-0.3, -0.25) is 9.52 Å². The SMILES string of the molecule is COc1ccc(C2CCCN2C(=O)c2cccc(NS(=O)(=O)c3ccc(C)c(F)c3)c2)cc1OC. The van der Waals surface area contributed by atoms with Crippen molar-refractivity contribution in [1.82, 2.24) is 4.90 Å². The summed E-state index contributed by atoms with van der Waals surface area (Å²) in [6, 6.07) is 15.5. The van der Waals surface area contributed by atoms with E-state index in [0.29, 0.717) is 29.2 Å². The van der Waals surface area contributed by atoms with Crippen molar-refractivity contribution >= 4 is 21.6 Å². The van der Waals surface area contributed by atoms with Crippen molar-refractivity contribution in [2.45, 2.75) is 30.7 Å². The van der Waals surface area contributed by atoms with Gasteiger partial charge in [-0.05, 0) is 73.4 Å². The summed E-state index contributed by atoms with van der Waals surface area (Å²) in [6.07, 6.45) is 1.64. The molecule has 184 valence electrons. The second kappa shape index (κ2) is 9.95. The Morgan fingerprint density at radius 3 is 2.51 bits per heavy atom.